The smallest absolute Gasteiger partial charge is 0.169 e. The quantitative estimate of drug-likeness (QED) is 0.773. The zero-order chi connectivity index (χ0) is 21.5. The summed E-state index contributed by atoms with van der Waals surface area (Å²) in [6.45, 7) is 6.94. The molecule has 0 aliphatic carbocycles. The molecule has 0 radical (unpaired) electrons. The second-order valence-electron chi connectivity index (χ2n) is 7.35. The Morgan fingerprint density at radius 2 is 2.10 bits per heavy atom. The van der Waals surface area contributed by atoms with Gasteiger partial charge in [-0.1, -0.05) is 18.3 Å². The number of allylic oxidation sites excluding steroid dienone is 2. The first-order valence-electron chi connectivity index (χ1n) is 10.2. The van der Waals surface area contributed by atoms with Gasteiger partial charge in [0.05, 0.1) is 23.4 Å². The fourth-order valence-corrected chi connectivity index (χ4v) is 4.19. The average Bonchev–Trinajstić information content (AvgIpc) is 3.26. The van der Waals surface area contributed by atoms with Gasteiger partial charge in [0.25, 0.3) is 0 Å². The molecule has 1 saturated heterocycles. The number of nitrogens with zero attached hydrogens (tertiary/aromatic N) is 5. The van der Waals surface area contributed by atoms with Crippen molar-refractivity contribution in [2.24, 2.45) is 9.98 Å². The van der Waals surface area contributed by atoms with Crippen molar-refractivity contribution in [2.75, 3.05) is 31.4 Å². The van der Waals surface area contributed by atoms with Crippen LogP contribution in [0.5, 0.6) is 0 Å². The molecule has 0 unspecified atom stereocenters. The van der Waals surface area contributed by atoms with Crippen LogP contribution in [0.4, 0.5) is 5.82 Å². The van der Waals surface area contributed by atoms with E-state index in [2.05, 4.69) is 43.9 Å². The number of anilines is 1. The maximum absolute atomic E-state index is 5.47. The molecular formula is C23H26N6OS. The van der Waals surface area contributed by atoms with E-state index in [4.69, 9.17) is 9.73 Å². The Morgan fingerprint density at radius 3 is 2.90 bits per heavy atom. The van der Waals surface area contributed by atoms with Gasteiger partial charge in [0.2, 0.25) is 0 Å². The molecule has 0 amide bonds. The molecule has 4 heterocycles. The van der Waals surface area contributed by atoms with Crippen LogP contribution in [0.25, 0.3) is 0 Å². The number of methoxy groups -OCH3 is 1. The number of likely N-dealkylation sites (tertiary alicyclic amines) is 1. The van der Waals surface area contributed by atoms with Crippen LogP contribution in [0.2, 0.25) is 0 Å². The van der Waals surface area contributed by atoms with E-state index in [0.717, 1.165) is 48.3 Å². The zero-order valence-electron chi connectivity index (χ0n) is 17.6. The molecule has 31 heavy (non-hydrogen) atoms. The Labute approximate surface area is 187 Å². The molecule has 4 rings (SSSR count). The molecule has 1 fully saturated rings. The van der Waals surface area contributed by atoms with Crippen molar-refractivity contribution in [2.45, 2.75) is 19.1 Å². The van der Waals surface area contributed by atoms with Gasteiger partial charge in [-0.15, -0.1) is 0 Å². The minimum absolute atomic E-state index is 0.334. The highest BCUT2D eigenvalue weighted by Gasteiger charge is 2.21. The van der Waals surface area contributed by atoms with Crippen molar-refractivity contribution in [3.8, 4) is 0 Å². The van der Waals surface area contributed by atoms with Crippen LogP contribution in [-0.4, -0.2) is 57.9 Å². The third-order valence-electron chi connectivity index (χ3n) is 5.12. The van der Waals surface area contributed by atoms with E-state index in [9.17, 15) is 0 Å². The lowest BCUT2D eigenvalue weighted by Gasteiger charge is -2.16. The number of aliphatic imine (C=N–C) groups is 2. The maximum atomic E-state index is 5.47. The van der Waals surface area contributed by atoms with Crippen molar-refractivity contribution in [1.82, 2.24) is 14.9 Å². The first kappa shape index (κ1) is 21.4. The van der Waals surface area contributed by atoms with Gasteiger partial charge in [-0.2, -0.15) is 0 Å². The minimum atomic E-state index is 0.334. The first-order valence-corrected chi connectivity index (χ1v) is 11.2. The summed E-state index contributed by atoms with van der Waals surface area (Å²) < 4.78 is 5.47. The molecule has 0 saturated carbocycles. The van der Waals surface area contributed by atoms with Gasteiger partial charge in [-0.25, -0.2) is 9.98 Å². The highest BCUT2D eigenvalue weighted by atomic mass is 32.2. The summed E-state index contributed by atoms with van der Waals surface area (Å²) in [4.78, 5) is 20.3. The number of rotatable bonds is 5. The summed E-state index contributed by atoms with van der Waals surface area (Å²) in [6.07, 6.45) is 10.6. The standard InChI is InChI=1S/C23H26N6OS/c1-17-3-4-21(19-6-9-24-10-7-19)26-16-31-23(27-17)28-22-13-18(5-11-25-22)14-29-12-8-20(15-29)30-2/h3-7,9-11,13,20H,1,8,12,14-16H2,2H3,(H,25,27,28)/b4-3-,26-21+/t20-/m1/s1. The molecule has 160 valence electrons. The van der Waals surface area contributed by atoms with E-state index in [-0.39, 0.29) is 0 Å². The fourth-order valence-electron chi connectivity index (χ4n) is 3.51. The van der Waals surface area contributed by atoms with Crippen LogP contribution in [0, 0.1) is 0 Å². The minimum Gasteiger partial charge on any atom is -0.380 e. The third-order valence-corrected chi connectivity index (χ3v) is 5.84. The first-order chi connectivity index (χ1) is 15.2. The lowest BCUT2D eigenvalue weighted by molar-refractivity contribution is 0.107. The van der Waals surface area contributed by atoms with E-state index in [0.29, 0.717) is 17.7 Å². The molecule has 8 heteroatoms. The topological polar surface area (TPSA) is 75.0 Å². The Hall–Kier alpha value is -2.81. The van der Waals surface area contributed by atoms with Crippen molar-refractivity contribution < 1.29 is 4.74 Å². The van der Waals surface area contributed by atoms with E-state index >= 15 is 0 Å². The molecule has 0 spiro atoms. The second kappa shape index (κ2) is 10.5. The van der Waals surface area contributed by atoms with Gasteiger partial charge < -0.3 is 10.1 Å². The summed E-state index contributed by atoms with van der Waals surface area (Å²) in [5.41, 5.74) is 3.76. The summed E-state index contributed by atoms with van der Waals surface area (Å²) >= 11 is 1.52. The van der Waals surface area contributed by atoms with Crippen LogP contribution >= 0.6 is 11.8 Å². The number of pyridine rings is 2. The van der Waals surface area contributed by atoms with Gasteiger partial charge in [0, 0.05) is 50.9 Å². The largest absolute Gasteiger partial charge is 0.380 e. The Kier molecular flexibility index (Phi) is 7.24. The number of thioether (sulfide) groups is 1. The summed E-state index contributed by atoms with van der Waals surface area (Å²) in [7, 11) is 1.78. The summed E-state index contributed by atoms with van der Waals surface area (Å²) in [5.74, 6) is 1.30. The third kappa shape index (κ3) is 6.10. The van der Waals surface area contributed by atoms with Crippen LogP contribution < -0.4 is 5.32 Å². The maximum Gasteiger partial charge on any atom is 0.169 e. The number of aromatic nitrogens is 2. The predicted octanol–water partition coefficient (Wildman–Crippen LogP) is 3.73. The molecule has 2 aliphatic rings. The van der Waals surface area contributed by atoms with Crippen molar-refractivity contribution in [1.29, 1.82) is 0 Å². The van der Waals surface area contributed by atoms with E-state index < -0.39 is 0 Å². The molecule has 2 aromatic heterocycles. The highest BCUT2D eigenvalue weighted by Crippen LogP contribution is 2.19. The van der Waals surface area contributed by atoms with E-state index in [1.807, 2.05) is 30.5 Å². The molecule has 1 N–H and O–H groups in total. The van der Waals surface area contributed by atoms with Gasteiger partial charge >= 0.3 is 0 Å². The van der Waals surface area contributed by atoms with Gasteiger partial charge in [-0.3, -0.25) is 14.9 Å². The number of amidine groups is 1. The molecular weight excluding hydrogens is 408 g/mol. The SMILES string of the molecule is C=C1/C=C\C(c2ccncc2)=N/CS/C(Nc2cc(CN3CC[C@@H](OC)C3)ccn2)=N\1. The summed E-state index contributed by atoms with van der Waals surface area (Å²) in [6, 6.07) is 8.01. The number of ether oxygens (including phenoxy) is 1. The second-order valence-corrected chi connectivity index (χ2v) is 8.28. The van der Waals surface area contributed by atoms with Crippen LogP contribution in [-0.2, 0) is 11.3 Å². The van der Waals surface area contributed by atoms with E-state index in [1.165, 1.54) is 17.3 Å². The molecule has 7 nitrogen and oxygen atoms in total. The highest BCUT2D eigenvalue weighted by molar-refractivity contribution is 8.14. The molecule has 1 atom stereocenters. The number of hydrogen-bond donors (Lipinski definition) is 1. The molecule has 0 aromatic carbocycles. The number of nitrogens with one attached hydrogen (secondary N) is 1. The lowest BCUT2D eigenvalue weighted by Crippen LogP contribution is -2.22. The molecule has 2 aromatic rings. The van der Waals surface area contributed by atoms with Crippen molar-refractivity contribution >= 4 is 28.5 Å². The van der Waals surface area contributed by atoms with E-state index in [1.54, 1.807) is 19.5 Å². The molecule has 0 bridgehead atoms. The zero-order valence-corrected chi connectivity index (χ0v) is 18.4. The molecule has 2 aliphatic heterocycles. The lowest BCUT2D eigenvalue weighted by atomic mass is 10.1. The van der Waals surface area contributed by atoms with Crippen molar-refractivity contribution in [3.05, 3.63) is 78.4 Å². The van der Waals surface area contributed by atoms with Crippen molar-refractivity contribution in [3.63, 3.8) is 0 Å². The Balaban J connectivity index is 1.42. The van der Waals surface area contributed by atoms with Crippen LogP contribution in [0.15, 0.2) is 77.3 Å². The predicted molar refractivity (Wildman–Crippen MR) is 127 cm³/mol. The Morgan fingerprint density at radius 1 is 1.23 bits per heavy atom. The Bertz CT molecular complexity index is 1000. The van der Waals surface area contributed by atoms with Crippen LogP contribution in [0.3, 0.4) is 0 Å². The van der Waals surface area contributed by atoms with Gasteiger partial charge in [0.1, 0.15) is 5.82 Å². The summed E-state index contributed by atoms with van der Waals surface area (Å²) in [5, 5.41) is 4.05. The average molecular weight is 435 g/mol. The fraction of sp³-hybridized carbons (Fsp3) is 0.304. The van der Waals surface area contributed by atoms with Gasteiger partial charge in [-0.05, 0) is 48.4 Å². The number of hydrogen-bond acceptors (Lipinski definition) is 8. The monoisotopic (exact) mass is 434 g/mol. The van der Waals surface area contributed by atoms with Crippen LogP contribution in [0.1, 0.15) is 17.5 Å². The van der Waals surface area contributed by atoms with Gasteiger partial charge in [0.15, 0.2) is 5.17 Å². The normalized spacial score (nSPS) is 24.3.